The highest BCUT2D eigenvalue weighted by atomic mass is 19.1. The van der Waals surface area contributed by atoms with E-state index < -0.39 is 18.8 Å². The smallest absolute Gasteiger partial charge is 0.466 e. The van der Waals surface area contributed by atoms with Crippen LogP contribution in [0.3, 0.4) is 0 Å². The number of methoxy groups -OCH3 is 1. The number of hydrogen-bond donors (Lipinski definition) is 2. The molecule has 0 saturated heterocycles. The molecule has 0 aliphatic heterocycles. The second-order valence-electron chi connectivity index (χ2n) is 3.56. The second kappa shape index (κ2) is 4.16. The number of ether oxygens (including phenoxy) is 1. The molecule has 0 amide bonds. The Bertz CT molecular complexity index is 333. The van der Waals surface area contributed by atoms with Gasteiger partial charge in [-0.2, -0.15) is 0 Å². The third-order valence-electron chi connectivity index (χ3n) is 2.30. The fourth-order valence-corrected chi connectivity index (χ4v) is 1.47. The van der Waals surface area contributed by atoms with Gasteiger partial charge in [-0.25, -0.2) is 9.18 Å². The summed E-state index contributed by atoms with van der Waals surface area (Å²) >= 11 is 0. The molecule has 0 aromatic heterocycles. The second-order valence-corrected chi connectivity index (χ2v) is 3.56. The minimum Gasteiger partial charge on any atom is -0.466 e. The lowest BCUT2D eigenvalue weighted by Gasteiger charge is -2.26. The number of hydrogen-bond acceptors (Lipinski definition) is 4. The number of allylic oxidation sites excluding steroid dienone is 3. The minimum absolute atomic E-state index is 0.116. The van der Waals surface area contributed by atoms with Gasteiger partial charge in [-0.05, 0) is 18.5 Å². The van der Waals surface area contributed by atoms with Crippen molar-refractivity contribution in [1.29, 1.82) is 0 Å². The highest BCUT2D eigenvalue weighted by Gasteiger charge is 2.38. The summed E-state index contributed by atoms with van der Waals surface area (Å²) in [4.78, 5) is 11.2. The van der Waals surface area contributed by atoms with Gasteiger partial charge >= 0.3 is 13.1 Å². The van der Waals surface area contributed by atoms with Gasteiger partial charge in [0, 0.05) is 6.42 Å². The first-order chi connectivity index (χ1) is 6.88. The molecule has 1 aliphatic rings. The summed E-state index contributed by atoms with van der Waals surface area (Å²) in [6.07, 6.45) is 2.30. The number of esters is 1. The van der Waals surface area contributed by atoms with Crippen LogP contribution in [0.5, 0.6) is 0 Å². The van der Waals surface area contributed by atoms with Crippen LogP contribution in [-0.2, 0) is 9.53 Å². The van der Waals surface area contributed by atoms with E-state index in [1.165, 1.54) is 26.2 Å². The highest BCUT2D eigenvalue weighted by molar-refractivity contribution is 6.50. The third-order valence-corrected chi connectivity index (χ3v) is 2.30. The molecule has 15 heavy (non-hydrogen) atoms. The molecule has 0 aromatic carbocycles. The average Bonchev–Trinajstić information content (AvgIpc) is 2.15. The molecule has 0 fully saturated rings. The molecule has 6 heteroatoms. The maximum Gasteiger partial charge on any atom is 0.484 e. The lowest BCUT2D eigenvalue weighted by Crippen LogP contribution is -2.33. The highest BCUT2D eigenvalue weighted by Crippen LogP contribution is 2.33. The van der Waals surface area contributed by atoms with E-state index in [2.05, 4.69) is 4.74 Å². The summed E-state index contributed by atoms with van der Waals surface area (Å²) in [7, 11) is -0.533. The van der Waals surface area contributed by atoms with Gasteiger partial charge in [0.1, 0.15) is 5.67 Å². The van der Waals surface area contributed by atoms with E-state index >= 15 is 0 Å². The van der Waals surface area contributed by atoms with Crippen molar-refractivity contribution in [1.82, 2.24) is 0 Å². The average molecular weight is 214 g/mol. The Morgan fingerprint density at radius 1 is 1.60 bits per heavy atom. The largest absolute Gasteiger partial charge is 0.484 e. The van der Waals surface area contributed by atoms with E-state index in [4.69, 9.17) is 10.0 Å². The Balaban J connectivity index is 3.02. The lowest BCUT2D eigenvalue weighted by molar-refractivity contribution is -0.137. The Morgan fingerprint density at radius 3 is 2.60 bits per heavy atom. The quantitative estimate of drug-likeness (QED) is 0.507. The molecule has 0 aromatic rings. The first-order valence-electron chi connectivity index (χ1n) is 4.43. The molecule has 82 valence electrons. The van der Waals surface area contributed by atoms with Crippen molar-refractivity contribution >= 4 is 13.1 Å². The molecule has 2 N–H and O–H groups in total. The van der Waals surface area contributed by atoms with Gasteiger partial charge in [0.15, 0.2) is 0 Å². The van der Waals surface area contributed by atoms with Gasteiger partial charge in [-0.3, -0.25) is 0 Å². The monoisotopic (exact) mass is 214 g/mol. The van der Waals surface area contributed by atoms with E-state index in [-0.39, 0.29) is 17.5 Å². The van der Waals surface area contributed by atoms with Crippen LogP contribution in [0.1, 0.15) is 13.3 Å². The van der Waals surface area contributed by atoms with Gasteiger partial charge in [0.05, 0.1) is 12.7 Å². The van der Waals surface area contributed by atoms with Gasteiger partial charge in [0.25, 0.3) is 0 Å². The topological polar surface area (TPSA) is 66.8 Å². The fraction of sp³-hybridized carbons (Fsp3) is 0.444. The van der Waals surface area contributed by atoms with Crippen LogP contribution >= 0.6 is 0 Å². The molecule has 0 saturated carbocycles. The summed E-state index contributed by atoms with van der Waals surface area (Å²) in [6, 6.07) is 0. The normalized spacial score (nSPS) is 25.4. The summed E-state index contributed by atoms with van der Waals surface area (Å²) in [6.45, 7) is 1.20. The molecule has 0 spiro atoms. The van der Waals surface area contributed by atoms with Crippen LogP contribution < -0.4 is 0 Å². The molecular weight excluding hydrogens is 202 g/mol. The Hall–Kier alpha value is -1.14. The summed E-state index contributed by atoms with van der Waals surface area (Å²) in [5.74, 6) is -0.747. The van der Waals surface area contributed by atoms with Gasteiger partial charge < -0.3 is 14.8 Å². The van der Waals surface area contributed by atoms with Crippen molar-refractivity contribution < 1.29 is 24.0 Å². The zero-order chi connectivity index (χ0) is 11.6. The van der Waals surface area contributed by atoms with Gasteiger partial charge in [0.2, 0.25) is 0 Å². The van der Waals surface area contributed by atoms with Crippen molar-refractivity contribution in [2.45, 2.75) is 19.0 Å². The van der Waals surface area contributed by atoms with Crippen molar-refractivity contribution in [2.24, 2.45) is 0 Å². The number of alkyl halides is 1. The molecule has 1 atom stereocenters. The number of carbonyl (C=O) groups excluding carboxylic acids is 1. The van der Waals surface area contributed by atoms with Crippen molar-refractivity contribution in [3.05, 3.63) is 23.2 Å². The third kappa shape index (κ3) is 2.46. The predicted molar refractivity (Wildman–Crippen MR) is 52.5 cm³/mol. The molecule has 0 heterocycles. The maximum absolute atomic E-state index is 14.0. The maximum atomic E-state index is 14.0. The molecule has 4 nitrogen and oxygen atoms in total. The van der Waals surface area contributed by atoms with Crippen LogP contribution in [0.2, 0.25) is 0 Å². The summed E-state index contributed by atoms with van der Waals surface area (Å²) < 4.78 is 18.4. The van der Waals surface area contributed by atoms with E-state index in [1.54, 1.807) is 0 Å². The van der Waals surface area contributed by atoms with Crippen LogP contribution in [0.15, 0.2) is 23.2 Å². The van der Waals surface area contributed by atoms with Crippen molar-refractivity contribution in [3.8, 4) is 0 Å². The zero-order valence-electron chi connectivity index (χ0n) is 8.53. The molecule has 0 radical (unpaired) electrons. The number of rotatable bonds is 2. The standard InChI is InChI=1S/C9H12BFO4/c1-9(11)5-6(10(13)14)3-4-7(9)8(12)15-2/h3-4,13-14H,5H2,1-2H3. The summed E-state index contributed by atoms with van der Waals surface area (Å²) in [5, 5.41) is 17.7. The Kier molecular flexibility index (Phi) is 3.31. The SMILES string of the molecule is COC(=O)C1=CC=C(B(O)O)CC1(C)F. The Morgan fingerprint density at radius 2 is 2.20 bits per heavy atom. The molecule has 1 rings (SSSR count). The number of halogens is 1. The van der Waals surface area contributed by atoms with Crippen LogP contribution in [0.4, 0.5) is 4.39 Å². The van der Waals surface area contributed by atoms with Crippen LogP contribution in [0, 0.1) is 0 Å². The zero-order valence-corrected chi connectivity index (χ0v) is 8.53. The minimum atomic E-state index is -1.93. The predicted octanol–water partition coefficient (Wildman–Crippen LogP) is 0.156. The van der Waals surface area contributed by atoms with E-state index in [0.717, 1.165) is 0 Å². The van der Waals surface area contributed by atoms with Gasteiger partial charge in [-0.15, -0.1) is 0 Å². The first-order valence-corrected chi connectivity index (χ1v) is 4.43. The first kappa shape index (κ1) is 11.9. The molecule has 0 bridgehead atoms. The molecule has 1 aliphatic carbocycles. The summed E-state index contributed by atoms with van der Waals surface area (Å²) in [5.41, 5.74) is -1.91. The molecule has 1 unspecified atom stereocenters. The van der Waals surface area contributed by atoms with Crippen molar-refractivity contribution in [2.75, 3.05) is 7.11 Å². The fourth-order valence-electron chi connectivity index (χ4n) is 1.47. The Labute approximate surface area is 87.2 Å². The van der Waals surface area contributed by atoms with Gasteiger partial charge in [-0.1, -0.05) is 6.08 Å². The molecular formula is C9H12BFO4. The van der Waals surface area contributed by atoms with Crippen molar-refractivity contribution in [3.63, 3.8) is 0 Å². The van der Waals surface area contributed by atoms with Crippen LogP contribution in [-0.4, -0.2) is 35.9 Å². The van der Waals surface area contributed by atoms with E-state index in [0.29, 0.717) is 0 Å². The van der Waals surface area contributed by atoms with E-state index in [1.807, 2.05) is 0 Å². The lowest BCUT2D eigenvalue weighted by atomic mass is 9.70. The van der Waals surface area contributed by atoms with E-state index in [9.17, 15) is 9.18 Å². The number of carbonyl (C=O) groups is 1. The van der Waals surface area contributed by atoms with Crippen LogP contribution in [0.25, 0.3) is 0 Å².